The Hall–Kier alpha value is -0.980. The molecule has 1 N–H and O–H groups in total. The first-order valence-electron chi connectivity index (χ1n) is 6.41. The SMILES string of the molecule is CCc1nc(CCN(C)C)sc1-c1csc(NC)n1. The number of hydrogen-bond acceptors (Lipinski definition) is 6. The molecule has 0 aliphatic rings. The molecule has 0 saturated carbocycles. The smallest absolute Gasteiger partial charge is 0.182 e. The molecule has 6 heteroatoms. The van der Waals surface area contributed by atoms with Crippen LogP contribution in [0, 0.1) is 0 Å². The summed E-state index contributed by atoms with van der Waals surface area (Å²) in [7, 11) is 6.09. The minimum absolute atomic E-state index is 0.959. The van der Waals surface area contributed by atoms with Crippen molar-refractivity contribution in [2.45, 2.75) is 19.8 Å². The zero-order chi connectivity index (χ0) is 13.8. The third-order valence-electron chi connectivity index (χ3n) is 2.80. The normalized spacial score (nSPS) is 11.2. The number of rotatable bonds is 6. The van der Waals surface area contributed by atoms with Gasteiger partial charge < -0.3 is 10.2 Å². The minimum atomic E-state index is 0.959. The lowest BCUT2D eigenvalue weighted by Gasteiger charge is -2.06. The Balaban J connectivity index is 2.23. The van der Waals surface area contributed by atoms with Gasteiger partial charge in [0.1, 0.15) is 0 Å². The van der Waals surface area contributed by atoms with Gasteiger partial charge >= 0.3 is 0 Å². The van der Waals surface area contributed by atoms with Crippen molar-refractivity contribution < 1.29 is 0 Å². The molecule has 0 atom stereocenters. The number of aryl methyl sites for hydroxylation is 1. The predicted octanol–water partition coefficient (Wildman–Crippen LogP) is 2.97. The van der Waals surface area contributed by atoms with Crippen molar-refractivity contribution in [1.82, 2.24) is 14.9 Å². The lowest BCUT2D eigenvalue weighted by Crippen LogP contribution is -2.14. The molecule has 0 bridgehead atoms. The van der Waals surface area contributed by atoms with Gasteiger partial charge in [-0.15, -0.1) is 22.7 Å². The van der Waals surface area contributed by atoms with Gasteiger partial charge in [-0.2, -0.15) is 0 Å². The molecule has 2 aromatic rings. The van der Waals surface area contributed by atoms with Crippen LogP contribution in [0.3, 0.4) is 0 Å². The van der Waals surface area contributed by atoms with Crippen molar-refractivity contribution in [1.29, 1.82) is 0 Å². The van der Waals surface area contributed by atoms with Crippen LogP contribution in [0.4, 0.5) is 5.13 Å². The van der Waals surface area contributed by atoms with E-state index in [1.165, 1.54) is 15.6 Å². The number of nitrogens with one attached hydrogen (secondary N) is 1. The van der Waals surface area contributed by atoms with Gasteiger partial charge in [0, 0.05) is 25.4 Å². The van der Waals surface area contributed by atoms with Gasteiger partial charge in [-0.3, -0.25) is 0 Å². The summed E-state index contributed by atoms with van der Waals surface area (Å²) < 4.78 is 0. The Bertz CT molecular complexity index is 530. The predicted molar refractivity (Wildman–Crippen MR) is 84.4 cm³/mol. The molecule has 0 amide bonds. The summed E-state index contributed by atoms with van der Waals surface area (Å²) >= 11 is 3.42. The summed E-state index contributed by atoms with van der Waals surface area (Å²) in [6.07, 6.45) is 1.97. The molecule has 0 unspecified atom stereocenters. The van der Waals surface area contributed by atoms with Crippen LogP contribution in [-0.2, 0) is 12.8 Å². The number of anilines is 1. The van der Waals surface area contributed by atoms with Gasteiger partial charge in [0.25, 0.3) is 0 Å². The maximum absolute atomic E-state index is 4.75. The Kier molecular flexibility index (Phi) is 4.90. The molecule has 2 heterocycles. The maximum Gasteiger partial charge on any atom is 0.182 e. The lowest BCUT2D eigenvalue weighted by atomic mass is 10.2. The topological polar surface area (TPSA) is 41.1 Å². The molecule has 0 radical (unpaired) electrons. The lowest BCUT2D eigenvalue weighted by molar-refractivity contribution is 0.413. The van der Waals surface area contributed by atoms with Crippen LogP contribution in [0.25, 0.3) is 10.6 Å². The van der Waals surface area contributed by atoms with E-state index in [9.17, 15) is 0 Å². The largest absolute Gasteiger partial charge is 0.365 e. The van der Waals surface area contributed by atoms with Gasteiger partial charge in [-0.1, -0.05) is 6.92 Å². The van der Waals surface area contributed by atoms with Crippen LogP contribution < -0.4 is 5.32 Å². The first kappa shape index (κ1) is 14.4. The number of thiazole rings is 2. The number of aromatic nitrogens is 2. The van der Waals surface area contributed by atoms with Gasteiger partial charge in [0.05, 0.1) is 21.3 Å². The summed E-state index contributed by atoms with van der Waals surface area (Å²) in [4.78, 5) is 12.8. The van der Waals surface area contributed by atoms with E-state index in [1.807, 2.05) is 7.05 Å². The van der Waals surface area contributed by atoms with E-state index in [0.717, 1.165) is 30.2 Å². The second kappa shape index (κ2) is 6.45. The molecule has 0 aliphatic carbocycles. The first-order valence-corrected chi connectivity index (χ1v) is 8.10. The molecule has 19 heavy (non-hydrogen) atoms. The number of nitrogens with zero attached hydrogens (tertiary/aromatic N) is 3. The first-order chi connectivity index (χ1) is 9.13. The average Bonchev–Trinajstić information content (AvgIpc) is 3.02. The van der Waals surface area contributed by atoms with Crippen LogP contribution in [0.15, 0.2) is 5.38 Å². The zero-order valence-electron chi connectivity index (χ0n) is 11.9. The van der Waals surface area contributed by atoms with Crippen molar-refractivity contribution in [3.05, 3.63) is 16.1 Å². The van der Waals surface area contributed by atoms with E-state index in [4.69, 9.17) is 4.98 Å². The molecule has 0 aromatic carbocycles. The molecule has 0 fully saturated rings. The third kappa shape index (κ3) is 3.52. The molecular formula is C13H20N4S2. The Morgan fingerprint density at radius 1 is 1.32 bits per heavy atom. The van der Waals surface area contributed by atoms with E-state index in [0.29, 0.717) is 0 Å². The number of hydrogen-bond donors (Lipinski definition) is 1. The van der Waals surface area contributed by atoms with Gasteiger partial charge in [0.15, 0.2) is 5.13 Å². The highest BCUT2D eigenvalue weighted by Gasteiger charge is 2.14. The Labute approximate surface area is 122 Å². The fourth-order valence-electron chi connectivity index (χ4n) is 1.76. The molecular weight excluding hydrogens is 276 g/mol. The highest BCUT2D eigenvalue weighted by molar-refractivity contribution is 7.16. The van der Waals surface area contributed by atoms with Crippen LogP contribution >= 0.6 is 22.7 Å². The maximum atomic E-state index is 4.75. The van der Waals surface area contributed by atoms with Crippen LogP contribution in [-0.4, -0.2) is 42.6 Å². The fraction of sp³-hybridized carbons (Fsp3) is 0.538. The van der Waals surface area contributed by atoms with E-state index in [2.05, 4.69) is 41.6 Å². The van der Waals surface area contributed by atoms with Crippen LogP contribution in [0.1, 0.15) is 17.6 Å². The van der Waals surface area contributed by atoms with Crippen LogP contribution in [0.5, 0.6) is 0 Å². The van der Waals surface area contributed by atoms with E-state index >= 15 is 0 Å². The minimum Gasteiger partial charge on any atom is -0.365 e. The van der Waals surface area contributed by atoms with Gasteiger partial charge in [-0.05, 0) is 20.5 Å². The molecule has 104 valence electrons. The van der Waals surface area contributed by atoms with Crippen molar-refractivity contribution in [3.63, 3.8) is 0 Å². The molecule has 2 aromatic heterocycles. The quantitative estimate of drug-likeness (QED) is 0.890. The van der Waals surface area contributed by atoms with E-state index in [1.54, 1.807) is 22.7 Å². The highest BCUT2D eigenvalue weighted by atomic mass is 32.1. The zero-order valence-corrected chi connectivity index (χ0v) is 13.5. The van der Waals surface area contributed by atoms with Crippen LogP contribution in [0.2, 0.25) is 0 Å². The van der Waals surface area contributed by atoms with E-state index < -0.39 is 0 Å². The summed E-state index contributed by atoms with van der Waals surface area (Å²) in [6.45, 7) is 3.19. The van der Waals surface area contributed by atoms with Crippen molar-refractivity contribution in [2.75, 3.05) is 33.0 Å². The summed E-state index contributed by atoms with van der Waals surface area (Å²) in [5.74, 6) is 0. The monoisotopic (exact) mass is 296 g/mol. The number of likely N-dealkylation sites (N-methyl/N-ethyl adjacent to an activating group) is 1. The average molecular weight is 296 g/mol. The Morgan fingerprint density at radius 3 is 2.68 bits per heavy atom. The highest BCUT2D eigenvalue weighted by Crippen LogP contribution is 2.33. The van der Waals surface area contributed by atoms with Crippen molar-refractivity contribution in [2.24, 2.45) is 0 Å². The van der Waals surface area contributed by atoms with Gasteiger partial charge in [-0.25, -0.2) is 9.97 Å². The molecule has 0 spiro atoms. The fourth-order valence-corrected chi connectivity index (χ4v) is 3.60. The van der Waals surface area contributed by atoms with Crippen molar-refractivity contribution >= 4 is 27.8 Å². The summed E-state index contributed by atoms with van der Waals surface area (Å²) in [5.41, 5.74) is 2.23. The standard InChI is InChI=1S/C13H20N4S2/c1-5-9-12(10-8-18-13(14-2)16-10)19-11(15-9)6-7-17(3)4/h8H,5-7H2,1-4H3,(H,14,16). The molecule has 0 aliphatic heterocycles. The summed E-state index contributed by atoms with van der Waals surface area (Å²) in [6, 6.07) is 0. The third-order valence-corrected chi connectivity index (χ3v) is 4.84. The molecule has 2 rings (SSSR count). The second-order valence-corrected chi connectivity index (χ2v) is 6.52. The molecule has 0 saturated heterocycles. The Morgan fingerprint density at radius 2 is 2.11 bits per heavy atom. The second-order valence-electron chi connectivity index (χ2n) is 4.58. The molecule has 4 nitrogen and oxygen atoms in total. The summed E-state index contributed by atoms with van der Waals surface area (Å²) in [5, 5.41) is 7.36. The van der Waals surface area contributed by atoms with E-state index in [-0.39, 0.29) is 0 Å². The van der Waals surface area contributed by atoms with Crippen molar-refractivity contribution in [3.8, 4) is 10.6 Å². The van der Waals surface area contributed by atoms with Gasteiger partial charge in [0.2, 0.25) is 0 Å².